The molecule has 0 spiro atoms. The van der Waals surface area contributed by atoms with Gasteiger partial charge in [0.15, 0.2) is 5.78 Å². The maximum atomic E-state index is 12.9. The molecule has 0 saturated carbocycles. The number of hydrogen-bond acceptors (Lipinski definition) is 4. The van der Waals surface area contributed by atoms with Crippen LogP contribution in [-0.4, -0.2) is 41.8 Å². The monoisotopic (exact) mass is 352 g/mol. The van der Waals surface area contributed by atoms with Crippen molar-refractivity contribution < 1.29 is 19.1 Å². The number of nitrogens with one attached hydrogen (secondary N) is 1. The van der Waals surface area contributed by atoms with Crippen LogP contribution in [0.1, 0.15) is 22.8 Å². The Morgan fingerprint density at radius 2 is 1.73 bits per heavy atom. The number of rotatable bonds is 6. The van der Waals surface area contributed by atoms with Crippen LogP contribution >= 0.6 is 0 Å². The highest BCUT2D eigenvalue weighted by atomic mass is 16.5. The third kappa shape index (κ3) is 3.31. The Balaban J connectivity index is 1.78. The summed E-state index contributed by atoms with van der Waals surface area (Å²) in [6, 6.07) is 15.4. The molecule has 6 heteroatoms. The second-order valence-corrected chi connectivity index (χ2v) is 6.43. The first-order valence-corrected chi connectivity index (χ1v) is 8.29. The van der Waals surface area contributed by atoms with Gasteiger partial charge in [-0.1, -0.05) is 48.5 Å². The van der Waals surface area contributed by atoms with Crippen LogP contribution in [-0.2, 0) is 11.2 Å². The fourth-order valence-corrected chi connectivity index (χ4v) is 3.10. The van der Waals surface area contributed by atoms with E-state index < -0.39 is 17.5 Å². The minimum Gasteiger partial charge on any atom is -0.496 e. The SMILES string of the molecule is COc1ccccc1C[C@]1(C)NC(=O)N(CC(=O)c2ccccc2)C1=O. The van der Waals surface area contributed by atoms with Gasteiger partial charge in [-0.2, -0.15) is 0 Å². The molecule has 0 radical (unpaired) electrons. The number of methoxy groups -OCH3 is 1. The number of nitrogens with zero attached hydrogens (tertiary/aromatic N) is 1. The Morgan fingerprint density at radius 3 is 2.42 bits per heavy atom. The fourth-order valence-electron chi connectivity index (χ4n) is 3.10. The van der Waals surface area contributed by atoms with Gasteiger partial charge in [-0.15, -0.1) is 0 Å². The molecular formula is C20H20N2O4. The summed E-state index contributed by atoms with van der Waals surface area (Å²) in [6.45, 7) is 1.38. The average molecular weight is 352 g/mol. The van der Waals surface area contributed by atoms with E-state index in [-0.39, 0.29) is 18.7 Å². The van der Waals surface area contributed by atoms with E-state index in [2.05, 4.69) is 5.32 Å². The summed E-state index contributed by atoms with van der Waals surface area (Å²) in [5, 5.41) is 2.72. The largest absolute Gasteiger partial charge is 0.496 e. The van der Waals surface area contributed by atoms with Gasteiger partial charge in [0, 0.05) is 12.0 Å². The smallest absolute Gasteiger partial charge is 0.325 e. The Labute approximate surface area is 151 Å². The van der Waals surface area contributed by atoms with E-state index in [1.54, 1.807) is 50.4 Å². The normalized spacial score (nSPS) is 19.4. The Hall–Kier alpha value is -3.15. The van der Waals surface area contributed by atoms with E-state index in [0.29, 0.717) is 11.3 Å². The maximum Gasteiger partial charge on any atom is 0.325 e. The van der Waals surface area contributed by atoms with E-state index in [0.717, 1.165) is 10.5 Å². The highest BCUT2D eigenvalue weighted by Gasteiger charge is 2.48. The molecular weight excluding hydrogens is 332 g/mol. The van der Waals surface area contributed by atoms with Crippen LogP contribution in [0.15, 0.2) is 54.6 Å². The van der Waals surface area contributed by atoms with Crippen LogP contribution in [0.25, 0.3) is 0 Å². The standard InChI is InChI=1S/C20H20N2O4/c1-20(12-15-10-6-7-11-17(15)26-2)18(24)22(19(25)21-20)13-16(23)14-8-4-3-5-9-14/h3-11H,12-13H2,1-2H3,(H,21,25)/t20-/m0/s1. The van der Waals surface area contributed by atoms with Gasteiger partial charge in [0.05, 0.1) is 13.7 Å². The third-order valence-corrected chi connectivity index (χ3v) is 4.48. The summed E-state index contributed by atoms with van der Waals surface area (Å²) in [4.78, 5) is 38.5. The number of ketones is 1. The van der Waals surface area contributed by atoms with Crippen molar-refractivity contribution in [3.05, 3.63) is 65.7 Å². The number of amides is 3. The van der Waals surface area contributed by atoms with Gasteiger partial charge in [0.25, 0.3) is 5.91 Å². The molecule has 6 nitrogen and oxygen atoms in total. The van der Waals surface area contributed by atoms with Crippen molar-refractivity contribution in [3.63, 3.8) is 0 Å². The summed E-state index contributed by atoms with van der Waals surface area (Å²) in [6.07, 6.45) is 0.275. The van der Waals surface area contributed by atoms with Crippen molar-refractivity contribution in [2.24, 2.45) is 0 Å². The minimum atomic E-state index is -1.12. The zero-order valence-electron chi connectivity index (χ0n) is 14.7. The molecule has 0 unspecified atom stereocenters. The first kappa shape index (κ1) is 17.7. The van der Waals surface area contributed by atoms with Crippen molar-refractivity contribution in [2.75, 3.05) is 13.7 Å². The molecule has 1 heterocycles. The minimum absolute atomic E-state index is 0.275. The molecule has 1 fully saturated rings. The molecule has 2 aromatic rings. The molecule has 0 aromatic heterocycles. The van der Waals surface area contributed by atoms with E-state index in [1.165, 1.54) is 0 Å². The molecule has 3 amide bonds. The summed E-state index contributed by atoms with van der Waals surface area (Å²) in [5.74, 6) is -0.0529. The quantitative estimate of drug-likeness (QED) is 0.640. The number of urea groups is 1. The lowest BCUT2D eigenvalue weighted by Gasteiger charge is -2.22. The molecule has 1 aliphatic rings. The molecule has 1 aliphatic heterocycles. The number of ether oxygens (including phenoxy) is 1. The molecule has 26 heavy (non-hydrogen) atoms. The van der Waals surface area contributed by atoms with Crippen molar-refractivity contribution >= 4 is 17.7 Å². The van der Waals surface area contributed by atoms with E-state index in [9.17, 15) is 14.4 Å². The summed E-state index contributed by atoms with van der Waals surface area (Å²) in [7, 11) is 1.56. The van der Waals surface area contributed by atoms with E-state index >= 15 is 0 Å². The molecule has 1 saturated heterocycles. The molecule has 3 rings (SSSR count). The Morgan fingerprint density at radius 1 is 1.08 bits per heavy atom. The van der Waals surface area contributed by atoms with Crippen LogP contribution in [0.5, 0.6) is 5.75 Å². The molecule has 134 valence electrons. The van der Waals surface area contributed by atoms with Crippen LogP contribution in [0.3, 0.4) is 0 Å². The highest BCUT2D eigenvalue weighted by molar-refractivity contribution is 6.11. The molecule has 2 aromatic carbocycles. The van der Waals surface area contributed by atoms with Crippen LogP contribution in [0, 0.1) is 0 Å². The van der Waals surface area contributed by atoms with Crippen LogP contribution < -0.4 is 10.1 Å². The zero-order valence-corrected chi connectivity index (χ0v) is 14.7. The molecule has 1 atom stereocenters. The van der Waals surface area contributed by atoms with Crippen LogP contribution in [0.2, 0.25) is 0 Å². The van der Waals surface area contributed by atoms with E-state index in [1.807, 2.05) is 18.2 Å². The number of Topliss-reactive ketones (excluding diaryl/α,β-unsaturated/α-hetero) is 1. The lowest BCUT2D eigenvalue weighted by atomic mass is 9.92. The van der Waals surface area contributed by atoms with Gasteiger partial charge in [0.2, 0.25) is 0 Å². The fraction of sp³-hybridized carbons (Fsp3) is 0.250. The Kier molecular flexibility index (Phi) is 4.75. The molecule has 1 N–H and O–H groups in total. The van der Waals surface area contributed by atoms with Crippen molar-refractivity contribution in [3.8, 4) is 5.75 Å². The molecule has 0 bridgehead atoms. The number of carbonyl (C=O) groups is 3. The number of para-hydroxylation sites is 1. The third-order valence-electron chi connectivity index (χ3n) is 4.48. The summed E-state index contributed by atoms with van der Waals surface area (Å²) >= 11 is 0. The van der Waals surface area contributed by atoms with Gasteiger partial charge in [-0.05, 0) is 18.6 Å². The predicted octanol–water partition coefficient (Wildman–Crippen LogP) is 2.43. The van der Waals surface area contributed by atoms with Crippen molar-refractivity contribution in [1.29, 1.82) is 0 Å². The van der Waals surface area contributed by atoms with Crippen LogP contribution in [0.4, 0.5) is 4.79 Å². The second-order valence-electron chi connectivity index (χ2n) is 6.43. The number of benzene rings is 2. The highest BCUT2D eigenvalue weighted by Crippen LogP contribution is 2.27. The maximum absolute atomic E-state index is 12.9. The Bertz CT molecular complexity index is 850. The topological polar surface area (TPSA) is 75.7 Å². The lowest BCUT2D eigenvalue weighted by Crippen LogP contribution is -2.46. The number of imide groups is 1. The van der Waals surface area contributed by atoms with Gasteiger partial charge >= 0.3 is 6.03 Å². The lowest BCUT2D eigenvalue weighted by molar-refractivity contribution is -0.130. The van der Waals surface area contributed by atoms with Gasteiger partial charge in [-0.25, -0.2) is 4.79 Å². The first-order chi connectivity index (χ1) is 12.4. The van der Waals surface area contributed by atoms with Gasteiger partial charge < -0.3 is 10.1 Å². The second kappa shape index (κ2) is 7.00. The summed E-state index contributed by atoms with van der Waals surface area (Å²) in [5.41, 5.74) is 0.150. The molecule has 0 aliphatic carbocycles. The number of carbonyl (C=O) groups excluding carboxylic acids is 3. The number of hydrogen-bond donors (Lipinski definition) is 1. The summed E-state index contributed by atoms with van der Waals surface area (Å²) < 4.78 is 5.32. The predicted molar refractivity (Wildman–Crippen MR) is 96.1 cm³/mol. The van der Waals surface area contributed by atoms with Gasteiger partial charge in [-0.3, -0.25) is 14.5 Å². The van der Waals surface area contributed by atoms with Gasteiger partial charge in [0.1, 0.15) is 11.3 Å². The van der Waals surface area contributed by atoms with Crippen molar-refractivity contribution in [1.82, 2.24) is 10.2 Å². The van der Waals surface area contributed by atoms with E-state index in [4.69, 9.17) is 4.74 Å². The average Bonchev–Trinajstić information content (AvgIpc) is 2.86. The first-order valence-electron chi connectivity index (χ1n) is 8.29. The van der Waals surface area contributed by atoms with Crippen molar-refractivity contribution in [2.45, 2.75) is 18.9 Å². The zero-order chi connectivity index (χ0) is 18.7.